The molecule has 0 spiro atoms. The fourth-order valence-corrected chi connectivity index (χ4v) is 2.46. The molecule has 100 valence electrons. The van der Waals surface area contributed by atoms with Crippen LogP contribution in [0.5, 0.6) is 0 Å². The van der Waals surface area contributed by atoms with Crippen molar-refractivity contribution in [3.05, 3.63) is 35.9 Å². The van der Waals surface area contributed by atoms with Crippen LogP contribution in [0.4, 0.5) is 0 Å². The van der Waals surface area contributed by atoms with Gasteiger partial charge in [0.05, 0.1) is 12.2 Å². The smallest absolute Gasteiger partial charge is 0.105 e. The van der Waals surface area contributed by atoms with Gasteiger partial charge < -0.3 is 14.9 Å². The van der Waals surface area contributed by atoms with Crippen LogP contribution in [0.3, 0.4) is 0 Å². The van der Waals surface area contributed by atoms with Crippen LogP contribution in [-0.2, 0) is 4.74 Å². The maximum Gasteiger partial charge on any atom is 0.105 e. The molecule has 0 aliphatic carbocycles. The van der Waals surface area contributed by atoms with Crippen LogP contribution in [0.2, 0.25) is 0 Å². The highest BCUT2D eigenvalue weighted by molar-refractivity contribution is 5.18. The first kappa shape index (κ1) is 13.5. The van der Waals surface area contributed by atoms with E-state index in [0.717, 1.165) is 37.9 Å². The lowest BCUT2D eigenvalue weighted by molar-refractivity contribution is 0.00907. The highest BCUT2D eigenvalue weighted by Gasteiger charge is 2.20. The molecule has 3 heteroatoms. The summed E-state index contributed by atoms with van der Waals surface area (Å²) >= 11 is 0. The van der Waals surface area contributed by atoms with Crippen molar-refractivity contribution in [1.29, 1.82) is 0 Å². The number of hydrogen-bond acceptors (Lipinski definition) is 3. The zero-order valence-electron chi connectivity index (χ0n) is 10.7. The summed E-state index contributed by atoms with van der Waals surface area (Å²) in [5.74, 6) is 0. The van der Waals surface area contributed by atoms with E-state index in [9.17, 15) is 10.2 Å². The maximum atomic E-state index is 10.00. The van der Waals surface area contributed by atoms with Gasteiger partial charge in [0.15, 0.2) is 0 Å². The highest BCUT2D eigenvalue weighted by Crippen LogP contribution is 2.22. The minimum atomic E-state index is -0.782. The fourth-order valence-electron chi connectivity index (χ4n) is 2.46. The number of benzene rings is 1. The SMILES string of the molecule is OC(CCCC1CCCO1)C(O)c1ccccc1. The van der Waals surface area contributed by atoms with Gasteiger partial charge in [0.1, 0.15) is 6.10 Å². The van der Waals surface area contributed by atoms with Crippen molar-refractivity contribution >= 4 is 0 Å². The molecule has 0 saturated carbocycles. The molecule has 1 heterocycles. The third-order valence-electron chi connectivity index (χ3n) is 3.56. The largest absolute Gasteiger partial charge is 0.390 e. The van der Waals surface area contributed by atoms with Gasteiger partial charge in [-0.3, -0.25) is 0 Å². The normalized spacial score (nSPS) is 22.9. The van der Waals surface area contributed by atoms with E-state index in [-0.39, 0.29) is 0 Å². The van der Waals surface area contributed by atoms with Crippen molar-refractivity contribution < 1.29 is 14.9 Å². The van der Waals surface area contributed by atoms with Gasteiger partial charge in [-0.2, -0.15) is 0 Å². The predicted molar refractivity (Wildman–Crippen MR) is 70.2 cm³/mol. The molecular formula is C15H22O3. The Bertz CT molecular complexity index is 333. The Labute approximate surface area is 108 Å². The molecule has 2 rings (SSSR count). The van der Waals surface area contributed by atoms with E-state index in [1.807, 2.05) is 30.3 Å². The van der Waals surface area contributed by atoms with E-state index in [4.69, 9.17) is 4.74 Å². The summed E-state index contributed by atoms with van der Waals surface area (Å²) in [6.45, 7) is 0.875. The quantitative estimate of drug-likeness (QED) is 0.815. The topological polar surface area (TPSA) is 49.7 Å². The van der Waals surface area contributed by atoms with Gasteiger partial charge in [-0.1, -0.05) is 30.3 Å². The molecule has 0 bridgehead atoms. The Morgan fingerprint density at radius 3 is 2.67 bits per heavy atom. The summed E-state index contributed by atoms with van der Waals surface area (Å²) < 4.78 is 5.54. The molecule has 1 saturated heterocycles. The molecule has 0 aromatic heterocycles. The van der Waals surface area contributed by atoms with Crippen molar-refractivity contribution in [2.75, 3.05) is 6.61 Å². The second-order valence-electron chi connectivity index (χ2n) is 4.99. The zero-order chi connectivity index (χ0) is 12.8. The van der Waals surface area contributed by atoms with Crippen molar-refractivity contribution in [1.82, 2.24) is 0 Å². The Morgan fingerprint density at radius 1 is 1.22 bits per heavy atom. The zero-order valence-corrected chi connectivity index (χ0v) is 10.7. The van der Waals surface area contributed by atoms with Crippen LogP contribution in [0.1, 0.15) is 43.8 Å². The molecule has 0 radical (unpaired) electrons. The number of aliphatic hydroxyl groups excluding tert-OH is 2. The first-order valence-electron chi connectivity index (χ1n) is 6.80. The highest BCUT2D eigenvalue weighted by atomic mass is 16.5. The van der Waals surface area contributed by atoms with Crippen LogP contribution in [-0.4, -0.2) is 29.0 Å². The third kappa shape index (κ3) is 3.80. The Morgan fingerprint density at radius 2 is 2.00 bits per heavy atom. The Hall–Kier alpha value is -0.900. The third-order valence-corrected chi connectivity index (χ3v) is 3.56. The summed E-state index contributed by atoms with van der Waals surface area (Å²) in [5.41, 5.74) is 0.780. The predicted octanol–water partition coefficient (Wildman–Crippen LogP) is 2.43. The average molecular weight is 250 g/mol. The number of hydrogen-bond donors (Lipinski definition) is 2. The molecule has 1 aliphatic rings. The van der Waals surface area contributed by atoms with E-state index in [1.54, 1.807) is 0 Å². The second kappa shape index (κ2) is 6.88. The van der Waals surface area contributed by atoms with E-state index in [2.05, 4.69) is 0 Å². The minimum absolute atomic E-state index is 0.367. The van der Waals surface area contributed by atoms with Crippen molar-refractivity contribution in [2.24, 2.45) is 0 Å². The molecule has 2 N–H and O–H groups in total. The van der Waals surface area contributed by atoms with Gasteiger partial charge in [-0.05, 0) is 37.7 Å². The molecule has 3 nitrogen and oxygen atoms in total. The minimum Gasteiger partial charge on any atom is -0.390 e. The van der Waals surface area contributed by atoms with Gasteiger partial charge in [0.2, 0.25) is 0 Å². The summed E-state index contributed by atoms with van der Waals surface area (Å²) in [6.07, 6.45) is 3.69. The van der Waals surface area contributed by atoms with E-state index < -0.39 is 12.2 Å². The summed E-state index contributed by atoms with van der Waals surface area (Å²) in [6, 6.07) is 9.33. The van der Waals surface area contributed by atoms with E-state index in [0.29, 0.717) is 12.5 Å². The van der Waals surface area contributed by atoms with Crippen LogP contribution in [0.15, 0.2) is 30.3 Å². The maximum absolute atomic E-state index is 10.00. The second-order valence-corrected chi connectivity index (χ2v) is 4.99. The Kier molecular flexibility index (Phi) is 5.17. The summed E-state index contributed by atoms with van der Waals surface area (Å²) in [4.78, 5) is 0. The van der Waals surface area contributed by atoms with Gasteiger partial charge in [0, 0.05) is 6.61 Å². The monoisotopic (exact) mass is 250 g/mol. The van der Waals surface area contributed by atoms with Crippen molar-refractivity contribution in [3.63, 3.8) is 0 Å². The van der Waals surface area contributed by atoms with Crippen LogP contribution < -0.4 is 0 Å². The number of ether oxygens (including phenoxy) is 1. The van der Waals surface area contributed by atoms with Crippen molar-refractivity contribution in [3.8, 4) is 0 Å². The van der Waals surface area contributed by atoms with Crippen molar-refractivity contribution in [2.45, 2.75) is 50.4 Å². The lowest BCUT2D eigenvalue weighted by atomic mass is 9.99. The first-order valence-corrected chi connectivity index (χ1v) is 6.80. The number of rotatable bonds is 6. The molecular weight excluding hydrogens is 228 g/mol. The summed E-state index contributed by atoms with van der Waals surface area (Å²) in [7, 11) is 0. The lowest BCUT2D eigenvalue weighted by Gasteiger charge is -2.18. The van der Waals surface area contributed by atoms with Gasteiger partial charge in [0.25, 0.3) is 0 Å². The molecule has 0 amide bonds. The standard InChI is InChI=1S/C15H22O3/c16-14(10-4-8-13-9-5-11-18-13)15(17)12-6-2-1-3-7-12/h1-3,6-7,13-17H,4-5,8-11H2. The van der Waals surface area contributed by atoms with E-state index in [1.165, 1.54) is 0 Å². The van der Waals surface area contributed by atoms with Gasteiger partial charge >= 0.3 is 0 Å². The number of aliphatic hydroxyl groups is 2. The molecule has 1 fully saturated rings. The van der Waals surface area contributed by atoms with E-state index >= 15 is 0 Å². The molecule has 1 aromatic rings. The molecule has 1 aliphatic heterocycles. The molecule has 3 unspecified atom stereocenters. The average Bonchev–Trinajstić information content (AvgIpc) is 2.92. The molecule has 18 heavy (non-hydrogen) atoms. The Balaban J connectivity index is 1.72. The first-order chi connectivity index (χ1) is 8.77. The van der Waals surface area contributed by atoms with Crippen LogP contribution in [0.25, 0.3) is 0 Å². The van der Waals surface area contributed by atoms with Gasteiger partial charge in [-0.25, -0.2) is 0 Å². The molecule has 1 aromatic carbocycles. The van der Waals surface area contributed by atoms with Crippen LogP contribution in [0, 0.1) is 0 Å². The van der Waals surface area contributed by atoms with Crippen LogP contribution >= 0.6 is 0 Å². The summed E-state index contributed by atoms with van der Waals surface area (Å²) in [5, 5.41) is 20.0. The lowest BCUT2D eigenvalue weighted by Crippen LogP contribution is -2.18. The molecule has 3 atom stereocenters. The fraction of sp³-hybridized carbons (Fsp3) is 0.600. The van der Waals surface area contributed by atoms with Gasteiger partial charge in [-0.15, -0.1) is 0 Å².